The molecule has 8 heteroatoms. The number of anilines is 1. The fourth-order valence-corrected chi connectivity index (χ4v) is 1.90. The number of nitrogens with two attached hydrogens (primary N) is 1. The van der Waals surface area contributed by atoms with Crippen LogP contribution in [0.4, 0.5) is 5.13 Å². The number of carboxylic acids is 1. The van der Waals surface area contributed by atoms with Crippen LogP contribution in [0.2, 0.25) is 0 Å². The summed E-state index contributed by atoms with van der Waals surface area (Å²) in [5.74, 6) is -1.67. The van der Waals surface area contributed by atoms with Gasteiger partial charge in [-0.25, -0.2) is 4.98 Å². The molecular formula is C7H8BrN3O3S. The van der Waals surface area contributed by atoms with Crippen LogP contribution < -0.4 is 11.1 Å². The first-order valence-electron chi connectivity index (χ1n) is 3.88. The van der Waals surface area contributed by atoms with Crippen LogP contribution >= 0.6 is 27.3 Å². The maximum Gasteiger partial charge on any atom is 0.305 e. The average Bonchev–Trinajstić information content (AvgIpc) is 2.50. The second-order valence-corrected chi connectivity index (χ2v) is 5.07. The van der Waals surface area contributed by atoms with Crippen molar-refractivity contribution in [3.8, 4) is 0 Å². The molecule has 1 atom stereocenters. The van der Waals surface area contributed by atoms with Crippen LogP contribution in [-0.4, -0.2) is 28.0 Å². The normalized spacial score (nSPS) is 12.1. The lowest BCUT2D eigenvalue weighted by Crippen LogP contribution is -2.37. The summed E-state index contributed by atoms with van der Waals surface area (Å²) in [6.45, 7) is 0. The first-order valence-corrected chi connectivity index (χ1v) is 5.49. The van der Waals surface area contributed by atoms with E-state index in [9.17, 15) is 9.59 Å². The summed E-state index contributed by atoms with van der Waals surface area (Å²) in [6, 6.07) is -1.06. The molecule has 0 bridgehead atoms. The number of carboxylic acid groups (broad SMARTS) is 1. The summed E-state index contributed by atoms with van der Waals surface area (Å²) in [4.78, 5) is 25.5. The first kappa shape index (κ1) is 12.1. The van der Waals surface area contributed by atoms with Crippen molar-refractivity contribution in [2.75, 3.05) is 5.32 Å². The standard InChI is InChI=1S/C7H8BrN3O3S/c8-4-2-10-7(15-4)11-6(14)3(9)1-5(12)13/h2-3H,1,9H2,(H,12,13)(H,10,11,14). The highest BCUT2D eigenvalue weighted by atomic mass is 79.9. The van der Waals surface area contributed by atoms with E-state index in [1.807, 2.05) is 0 Å². The molecule has 0 fully saturated rings. The number of nitrogens with one attached hydrogen (secondary N) is 1. The number of halogens is 1. The summed E-state index contributed by atoms with van der Waals surface area (Å²) in [6.07, 6.45) is 1.13. The Morgan fingerprint density at radius 2 is 2.40 bits per heavy atom. The van der Waals surface area contributed by atoms with E-state index >= 15 is 0 Å². The van der Waals surface area contributed by atoms with Crippen LogP contribution in [0.5, 0.6) is 0 Å². The Balaban J connectivity index is 2.52. The van der Waals surface area contributed by atoms with Crippen LogP contribution in [0, 0.1) is 0 Å². The molecule has 1 amide bonds. The Morgan fingerprint density at radius 1 is 1.73 bits per heavy atom. The molecule has 0 aromatic carbocycles. The third-order valence-electron chi connectivity index (χ3n) is 1.44. The minimum Gasteiger partial charge on any atom is -0.481 e. The van der Waals surface area contributed by atoms with E-state index in [-0.39, 0.29) is 0 Å². The van der Waals surface area contributed by atoms with Gasteiger partial charge in [-0.2, -0.15) is 0 Å². The van der Waals surface area contributed by atoms with Crippen molar-refractivity contribution in [1.82, 2.24) is 4.98 Å². The Kier molecular flexibility index (Phi) is 4.18. The van der Waals surface area contributed by atoms with E-state index in [0.29, 0.717) is 5.13 Å². The predicted molar refractivity (Wildman–Crippen MR) is 58.7 cm³/mol. The van der Waals surface area contributed by atoms with Gasteiger partial charge in [0.2, 0.25) is 5.91 Å². The third kappa shape index (κ3) is 3.94. The molecule has 0 aliphatic rings. The molecule has 1 aromatic rings. The summed E-state index contributed by atoms with van der Waals surface area (Å²) in [5.41, 5.74) is 5.35. The topological polar surface area (TPSA) is 105 Å². The zero-order valence-electron chi connectivity index (χ0n) is 7.44. The molecule has 0 saturated carbocycles. The summed E-state index contributed by atoms with van der Waals surface area (Å²) >= 11 is 4.40. The molecular weight excluding hydrogens is 286 g/mol. The minimum absolute atomic E-state index is 0.382. The number of aromatic nitrogens is 1. The van der Waals surface area contributed by atoms with Gasteiger partial charge in [-0.1, -0.05) is 11.3 Å². The molecule has 1 aromatic heterocycles. The number of nitrogens with zero attached hydrogens (tertiary/aromatic N) is 1. The van der Waals surface area contributed by atoms with Crippen LogP contribution in [0.3, 0.4) is 0 Å². The largest absolute Gasteiger partial charge is 0.481 e. The van der Waals surface area contributed by atoms with Gasteiger partial charge in [0.15, 0.2) is 5.13 Å². The molecule has 15 heavy (non-hydrogen) atoms. The molecule has 0 aliphatic carbocycles. The van der Waals surface area contributed by atoms with E-state index in [1.165, 1.54) is 17.5 Å². The molecule has 0 saturated heterocycles. The highest BCUT2D eigenvalue weighted by Gasteiger charge is 2.17. The van der Waals surface area contributed by atoms with Crippen LogP contribution in [0.25, 0.3) is 0 Å². The van der Waals surface area contributed by atoms with Gasteiger partial charge in [0.25, 0.3) is 0 Å². The molecule has 0 spiro atoms. The lowest BCUT2D eigenvalue weighted by atomic mass is 10.2. The number of rotatable bonds is 4. The smallest absolute Gasteiger partial charge is 0.305 e. The predicted octanol–water partition coefficient (Wildman–Crippen LogP) is 0.646. The molecule has 82 valence electrons. The van der Waals surface area contributed by atoms with Crippen molar-refractivity contribution in [2.45, 2.75) is 12.5 Å². The Morgan fingerprint density at radius 3 is 2.87 bits per heavy atom. The summed E-state index contributed by atoms with van der Waals surface area (Å²) < 4.78 is 0.768. The number of hydrogen-bond donors (Lipinski definition) is 3. The molecule has 4 N–H and O–H groups in total. The first-order chi connectivity index (χ1) is 6.99. The highest BCUT2D eigenvalue weighted by Crippen LogP contribution is 2.23. The van der Waals surface area contributed by atoms with Gasteiger partial charge in [-0.05, 0) is 15.9 Å². The lowest BCUT2D eigenvalue weighted by Gasteiger charge is -2.07. The van der Waals surface area contributed by atoms with Gasteiger partial charge in [0.1, 0.15) is 0 Å². The van der Waals surface area contributed by atoms with Gasteiger partial charge in [0, 0.05) is 0 Å². The van der Waals surface area contributed by atoms with Crippen LogP contribution in [-0.2, 0) is 9.59 Å². The second-order valence-electron chi connectivity index (χ2n) is 2.66. The van der Waals surface area contributed by atoms with Crippen molar-refractivity contribution in [1.29, 1.82) is 0 Å². The van der Waals surface area contributed by atoms with E-state index in [1.54, 1.807) is 0 Å². The van der Waals surface area contributed by atoms with Gasteiger partial charge in [-0.3, -0.25) is 9.59 Å². The minimum atomic E-state index is -1.11. The van der Waals surface area contributed by atoms with E-state index < -0.39 is 24.3 Å². The summed E-state index contributed by atoms with van der Waals surface area (Å²) in [7, 11) is 0. The fourth-order valence-electron chi connectivity index (χ4n) is 0.791. The molecule has 1 unspecified atom stereocenters. The fraction of sp³-hybridized carbons (Fsp3) is 0.286. The third-order valence-corrected chi connectivity index (χ3v) is 2.83. The maximum absolute atomic E-state index is 11.3. The lowest BCUT2D eigenvalue weighted by molar-refractivity contribution is -0.138. The van der Waals surface area contributed by atoms with Crippen molar-refractivity contribution in [3.63, 3.8) is 0 Å². The molecule has 1 heterocycles. The monoisotopic (exact) mass is 293 g/mol. The number of thiazole rings is 1. The van der Waals surface area contributed by atoms with Crippen LogP contribution in [0.1, 0.15) is 6.42 Å². The van der Waals surface area contributed by atoms with Crippen molar-refractivity contribution < 1.29 is 14.7 Å². The number of carbonyl (C=O) groups excluding carboxylic acids is 1. The van der Waals surface area contributed by atoms with Crippen molar-refractivity contribution in [2.24, 2.45) is 5.73 Å². The van der Waals surface area contributed by atoms with Crippen LogP contribution in [0.15, 0.2) is 9.98 Å². The molecule has 1 rings (SSSR count). The zero-order chi connectivity index (χ0) is 11.4. The number of carbonyl (C=O) groups is 2. The van der Waals surface area contributed by atoms with Gasteiger partial charge in [-0.15, -0.1) is 0 Å². The molecule has 0 radical (unpaired) electrons. The Labute approximate surface area is 97.6 Å². The number of hydrogen-bond acceptors (Lipinski definition) is 5. The quantitative estimate of drug-likeness (QED) is 0.756. The highest BCUT2D eigenvalue weighted by molar-refractivity contribution is 9.11. The second kappa shape index (κ2) is 5.19. The summed E-state index contributed by atoms with van der Waals surface area (Å²) in [5, 5.41) is 11.2. The van der Waals surface area contributed by atoms with Crippen molar-refractivity contribution in [3.05, 3.63) is 9.98 Å². The average molecular weight is 294 g/mol. The SMILES string of the molecule is NC(CC(=O)O)C(=O)Nc1ncc(Br)s1. The molecule has 6 nitrogen and oxygen atoms in total. The molecule has 0 aliphatic heterocycles. The number of amides is 1. The van der Waals surface area contributed by atoms with Gasteiger partial charge < -0.3 is 16.2 Å². The Hall–Kier alpha value is -0.990. The van der Waals surface area contributed by atoms with Gasteiger partial charge in [0.05, 0.1) is 22.4 Å². The number of aliphatic carboxylic acids is 1. The van der Waals surface area contributed by atoms with Gasteiger partial charge >= 0.3 is 5.97 Å². The zero-order valence-corrected chi connectivity index (χ0v) is 9.84. The van der Waals surface area contributed by atoms with E-state index in [0.717, 1.165) is 3.79 Å². The van der Waals surface area contributed by atoms with E-state index in [4.69, 9.17) is 10.8 Å². The van der Waals surface area contributed by atoms with E-state index in [2.05, 4.69) is 26.2 Å². The maximum atomic E-state index is 11.3. The Bertz CT molecular complexity index is 381. The van der Waals surface area contributed by atoms with Crippen molar-refractivity contribution >= 4 is 44.3 Å².